The van der Waals surface area contributed by atoms with Crippen molar-refractivity contribution in [2.24, 2.45) is 0 Å². The van der Waals surface area contributed by atoms with Crippen LogP contribution in [0, 0.1) is 0 Å². The maximum Gasteiger partial charge on any atom is 0.331 e. The van der Waals surface area contributed by atoms with E-state index in [1.54, 1.807) is 7.11 Å². The number of fused-ring (bicyclic) bond motifs is 4. The van der Waals surface area contributed by atoms with Crippen molar-refractivity contribution in [2.45, 2.75) is 12.3 Å². The Labute approximate surface area is 168 Å². The van der Waals surface area contributed by atoms with Crippen molar-refractivity contribution >= 4 is 28.6 Å². The number of esters is 1. The van der Waals surface area contributed by atoms with Crippen molar-refractivity contribution in [3.63, 3.8) is 0 Å². The lowest BCUT2D eigenvalue weighted by molar-refractivity contribution is -0.144. The molecule has 1 aromatic heterocycles. The zero-order valence-corrected chi connectivity index (χ0v) is 16.2. The van der Waals surface area contributed by atoms with Crippen molar-refractivity contribution in [1.82, 2.24) is 9.88 Å². The number of carbonyl (C=O) groups excluding carboxylic acids is 1. The van der Waals surface area contributed by atoms with Crippen molar-refractivity contribution in [2.75, 3.05) is 20.8 Å². The quantitative estimate of drug-likeness (QED) is 0.639. The zero-order chi connectivity index (χ0) is 20.0. The van der Waals surface area contributed by atoms with Gasteiger partial charge in [0.25, 0.3) is 0 Å². The zero-order valence-electron chi connectivity index (χ0n) is 16.2. The molecule has 146 valence electrons. The first-order valence-corrected chi connectivity index (χ1v) is 9.43. The molecule has 0 radical (unpaired) electrons. The molecule has 5 rings (SSSR count). The predicted molar refractivity (Wildman–Crippen MR) is 109 cm³/mol. The Morgan fingerprint density at radius 1 is 1.14 bits per heavy atom. The van der Waals surface area contributed by atoms with Crippen molar-refractivity contribution in [3.05, 3.63) is 71.4 Å². The van der Waals surface area contributed by atoms with Crippen LogP contribution in [0.25, 0.3) is 22.7 Å². The van der Waals surface area contributed by atoms with Gasteiger partial charge >= 0.3 is 5.97 Å². The Morgan fingerprint density at radius 3 is 2.69 bits per heavy atom. The molecule has 29 heavy (non-hydrogen) atoms. The van der Waals surface area contributed by atoms with Gasteiger partial charge in [-0.2, -0.15) is 0 Å². The highest BCUT2D eigenvalue weighted by molar-refractivity contribution is 5.90. The number of methoxy groups -OCH3 is 2. The van der Waals surface area contributed by atoms with Gasteiger partial charge < -0.3 is 19.1 Å². The minimum Gasteiger partial charge on any atom is -0.497 e. The van der Waals surface area contributed by atoms with Gasteiger partial charge in [-0.15, -0.1) is 0 Å². The topological polar surface area (TPSA) is 60.9 Å². The fraction of sp³-hybridized carbons (Fsp3) is 0.217. The number of ether oxygens (including phenoxy) is 3. The summed E-state index contributed by atoms with van der Waals surface area (Å²) >= 11 is 0. The summed E-state index contributed by atoms with van der Waals surface area (Å²) in [6, 6.07) is 17.3. The smallest absolute Gasteiger partial charge is 0.331 e. The average molecular weight is 388 g/mol. The van der Waals surface area contributed by atoms with Crippen LogP contribution in [0.5, 0.6) is 5.75 Å². The summed E-state index contributed by atoms with van der Waals surface area (Å²) in [6.07, 6.45) is 1.62. The molecule has 0 unspecified atom stereocenters. The Balaban J connectivity index is 1.70. The highest BCUT2D eigenvalue weighted by Crippen LogP contribution is 2.44. The summed E-state index contributed by atoms with van der Waals surface area (Å²) in [5.74, 6) is 0.456. The maximum atomic E-state index is 12.5. The lowest BCUT2D eigenvalue weighted by Gasteiger charge is -2.35. The Hall–Kier alpha value is -3.38. The van der Waals surface area contributed by atoms with Gasteiger partial charge in [-0.05, 0) is 48.0 Å². The standard InChI is InChI=1S/C23H20N2O4/c1-27-16-9-7-14(8-10-16)20-12-19-17(11-15-5-3-4-6-18(15)24-19)22-25(20)21(13-29-22)23(26)28-2/h3-12,21-22H,13H2,1-2H3/t21-,22-/m0/s1. The third-order valence-corrected chi connectivity index (χ3v) is 5.46. The summed E-state index contributed by atoms with van der Waals surface area (Å²) in [5, 5.41) is 1.04. The predicted octanol–water partition coefficient (Wildman–Crippen LogP) is 3.63. The van der Waals surface area contributed by atoms with Gasteiger partial charge in [-0.25, -0.2) is 9.78 Å². The highest BCUT2D eigenvalue weighted by atomic mass is 16.5. The second kappa shape index (κ2) is 6.90. The van der Waals surface area contributed by atoms with Crippen molar-refractivity contribution in [3.8, 4) is 5.75 Å². The Bertz CT molecular complexity index is 1120. The first-order valence-electron chi connectivity index (χ1n) is 9.43. The van der Waals surface area contributed by atoms with E-state index >= 15 is 0 Å². The molecular formula is C23H20N2O4. The Morgan fingerprint density at radius 2 is 1.93 bits per heavy atom. The molecule has 0 N–H and O–H groups in total. The highest BCUT2D eigenvalue weighted by Gasteiger charge is 2.44. The average Bonchev–Trinajstić information content (AvgIpc) is 3.22. The molecule has 1 fully saturated rings. The van der Waals surface area contributed by atoms with Crippen LogP contribution in [-0.4, -0.2) is 42.7 Å². The molecule has 3 heterocycles. The number of hydrogen-bond acceptors (Lipinski definition) is 6. The molecule has 1 saturated heterocycles. The fourth-order valence-corrected chi connectivity index (χ4v) is 4.02. The van der Waals surface area contributed by atoms with E-state index in [0.29, 0.717) is 0 Å². The molecule has 0 saturated carbocycles. The monoisotopic (exact) mass is 388 g/mol. The number of para-hydroxylation sites is 1. The van der Waals surface area contributed by atoms with E-state index in [-0.39, 0.29) is 12.6 Å². The molecule has 3 aromatic rings. The second-order valence-corrected chi connectivity index (χ2v) is 7.05. The minimum atomic E-state index is -0.516. The van der Waals surface area contributed by atoms with Gasteiger partial charge in [-0.1, -0.05) is 18.2 Å². The molecule has 0 bridgehead atoms. The van der Waals surface area contributed by atoms with Gasteiger partial charge in [0.2, 0.25) is 0 Å². The van der Waals surface area contributed by atoms with Crippen LogP contribution < -0.4 is 4.74 Å². The van der Waals surface area contributed by atoms with E-state index in [9.17, 15) is 4.79 Å². The van der Waals surface area contributed by atoms with Gasteiger partial charge in [0.1, 0.15) is 5.75 Å². The largest absolute Gasteiger partial charge is 0.497 e. The van der Waals surface area contributed by atoms with Crippen molar-refractivity contribution in [1.29, 1.82) is 0 Å². The van der Waals surface area contributed by atoms with Crippen molar-refractivity contribution < 1.29 is 19.0 Å². The molecule has 6 heteroatoms. The van der Waals surface area contributed by atoms with Crippen LogP contribution in [-0.2, 0) is 14.3 Å². The molecule has 2 aromatic carbocycles. The summed E-state index contributed by atoms with van der Waals surface area (Å²) in [5.41, 5.74) is 4.55. The van der Waals surface area contributed by atoms with Gasteiger partial charge in [0, 0.05) is 16.6 Å². The van der Waals surface area contributed by atoms with Gasteiger partial charge in [0.05, 0.1) is 32.0 Å². The van der Waals surface area contributed by atoms with Crippen LogP contribution >= 0.6 is 0 Å². The number of rotatable bonds is 3. The van der Waals surface area contributed by atoms with E-state index < -0.39 is 12.3 Å². The van der Waals surface area contributed by atoms with E-state index in [1.807, 2.05) is 59.5 Å². The molecule has 2 aliphatic heterocycles. The number of aromatic nitrogens is 1. The second-order valence-electron chi connectivity index (χ2n) is 7.05. The van der Waals surface area contributed by atoms with Crippen LogP contribution in [0.1, 0.15) is 23.0 Å². The molecule has 0 amide bonds. The lowest BCUT2D eigenvalue weighted by Crippen LogP contribution is -2.39. The molecular weight excluding hydrogens is 368 g/mol. The van der Waals surface area contributed by atoms with Gasteiger partial charge in [-0.3, -0.25) is 0 Å². The van der Waals surface area contributed by atoms with Crippen LogP contribution in [0.15, 0.2) is 54.6 Å². The van der Waals surface area contributed by atoms with Crippen LogP contribution in [0.4, 0.5) is 0 Å². The molecule has 0 spiro atoms. The maximum absolute atomic E-state index is 12.5. The number of benzene rings is 2. The third kappa shape index (κ3) is 2.84. The number of hydrogen-bond donors (Lipinski definition) is 0. The number of pyridine rings is 1. The first kappa shape index (κ1) is 17.7. The third-order valence-electron chi connectivity index (χ3n) is 5.46. The van der Waals surface area contributed by atoms with Gasteiger partial charge in [0.15, 0.2) is 12.3 Å². The Kier molecular flexibility index (Phi) is 4.21. The fourth-order valence-electron chi connectivity index (χ4n) is 4.02. The normalized spacial score (nSPS) is 20.1. The van der Waals surface area contributed by atoms with E-state index in [4.69, 9.17) is 19.2 Å². The molecule has 6 nitrogen and oxygen atoms in total. The van der Waals surface area contributed by atoms with E-state index in [0.717, 1.165) is 39.2 Å². The number of carbonyl (C=O) groups is 1. The molecule has 0 aliphatic carbocycles. The van der Waals surface area contributed by atoms with Crippen LogP contribution in [0.2, 0.25) is 0 Å². The minimum absolute atomic E-state index is 0.261. The first-order chi connectivity index (χ1) is 14.2. The van der Waals surface area contributed by atoms with E-state index in [2.05, 4.69) is 6.07 Å². The summed E-state index contributed by atoms with van der Waals surface area (Å²) in [7, 11) is 3.04. The lowest BCUT2D eigenvalue weighted by atomic mass is 9.98. The van der Waals surface area contributed by atoms with E-state index in [1.165, 1.54) is 7.11 Å². The summed E-state index contributed by atoms with van der Waals surface area (Å²) in [6.45, 7) is 0.261. The van der Waals surface area contributed by atoms with Crippen LogP contribution in [0.3, 0.4) is 0 Å². The molecule has 2 atom stereocenters. The molecule has 2 aliphatic rings. The summed E-state index contributed by atoms with van der Waals surface area (Å²) in [4.78, 5) is 19.3. The number of nitrogens with zero attached hydrogens (tertiary/aromatic N) is 2. The summed E-state index contributed by atoms with van der Waals surface area (Å²) < 4.78 is 16.4. The SMILES string of the molecule is COC(=O)[C@@H]1CO[C@H]2c3cc4ccccc4nc3C=C(c3ccc(OC)cc3)N12.